The number of rotatable bonds is 7. The molecule has 1 N–H and O–H groups in total. The van der Waals surface area contributed by atoms with Crippen LogP contribution in [0.25, 0.3) is 0 Å². The molecule has 0 atom stereocenters. The first-order valence-corrected chi connectivity index (χ1v) is 12.9. The van der Waals surface area contributed by atoms with Gasteiger partial charge in [-0.15, -0.1) is 10.2 Å². The Hall–Kier alpha value is -3.74. The Morgan fingerprint density at radius 3 is 2.41 bits per heavy atom. The highest BCUT2D eigenvalue weighted by Gasteiger charge is 2.41. The van der Waals surface area contributed by atoms with E-state index in [2.05, 4.69) is 20.5 Å². The third-order valence-electron chi connectivity index (χ3n) is 6.04. The first-order valence-electron chi connectivity index (χ1n) is 11.0. The minimum atomic E-state index is -4.89. The lowest BCUT2D eigenvalue weighted by Gasteiger charge is -2.17. The number of amides is 1. The number of aromatic nitrogens is 3. The molecule has 2 heterocycles. The van der Waals surface area contributed by atoms with Crippen molar-refractivity contribution >= 4 is 21.4 Å². The van der Waals surface area contributed by atoms with Gasteiger partial charge in [0.15, 0.2) is 21.3 Å². The Morgan fingerprint density at radius 2 is 1.81 bits per heavy atom. The van der Waals surface area contributed by atoms with Crippen molar-refractivity contribution in [2.75, 3.05) is 18.7 Å². The van der Waals surface area contributed by atoms with Crippen molar-refractivity contribution in [1.29, 1.82) is 0 Å². The van der Waals surface area contributed by atoms with E-state index in [1.807, 2.05) is 6.92 Å². The van der Waals surface area contributed by atoms with Crippen molar-refractivity contribution in [3.8, 4) is 17.5 Å². The zero-order valence-electron chi connectivity index (χ0n) is 20.3. The number of carbonyl (C=O) groups excluding carboxylic acids is 1. The molecule has 0 unspecified atom stereocenters. The van der Waals surface area contributed by atoms with E-state index in [9.17, 15) is 26.4 Å². The summed E-state index contributed by atoms with van der Waals surface area (Å²) in [7, 11) is -2.23. The molecule has 4 rings (SSSR count). The topological polar surface area (TPSA) is 120 Å². The molecule has 9 nitrogen and oxygen atoms in total. The van der Waals surface area contributed by atoms with Gasteiger partial charge >= 0.3 is 6.18 Å². The van der Waals surface area contributed by atoms with Crippen LogP contribution < -0.4 is 14.8 Å². The number of sulfone groups is 1. The number of nitrogens with one attached hydrogen (secondary N) is 1. The SMILES string of the molecule is COc1nc(C2(C)CC2)ccc1Oc1nnc(C(F)(F)F)c(C)c1C(=O)Nc1cccc(S(C)(=O)=O)c1. The quantitative estimate of drug-likeness (QED) is 0.461. The number of anilines is 1. The summed E-state index contributed by atoms with van der Waals surface area (Å²) in [6.07, 6.45) is -1.99. The van der Waals surface area contributed by atoms with Gasteiger partial charge in [0.25, 0.3) is 17.7 Å². The Bertz CT molecular complexity index is 1490. The molecule has 1 aliphatic rings. The molecule has 0 saturated heterocycles. The molecule has 3 aromatic rings. The van der Waals surface area contributed by atoms with Crippen LogP contribution in [-0.4, -0.2) is 42.9 Å². The number of pyridine rings is 1. The number of methoxy groups -OCH3 is 1. The van der Waals surface area contributed by atoms with Gasteiger partial charge in [0.1, 0.15) is 5.56 Å². The normalized spacial score (nSPS) is 14.7. The van der Waals surface area contributed by atoms with Gasteiger partial charge in [0.05, 0.1) is 17.7 Å². The fraction of sp³-hybridized carbons (Fsp3) is 0.333. The van der Waals surface area contributed by atoms with E-state index in [1.54, 1.807) is 6.07 Å². The zero-order chi connectivity index (χ0) is 27.2. The van der Waals surface area contributed by atoms with E-state index in [0.717, 1.165) is 31.7 Å². The number of hydrogen-bond donors (Lipinski definition) is 1. The Kier molecular flexibility index (Phi) is 6.61. The fourth-order valence-electron chi connectivity index (χ4n) is 3.64. The molecule has 37 heavy (non-hydrogen) atoms. The lowest BCUT2D eigenvalue weighted by atomic mass is 10.1. The van der Waals surface area contributed by atoms with Gasteiger partial charge in [-0.2, -0.15) is 13.2 Å². The third-order valence-corrected chi connectivity index (χ3v) is 7.15. The second-order valence-electron chi connectivity index (χ2n) is 8.97. The first kappa shape index (κ1) is 26.3. The molecule has 1 aromatic carbocycles. The van der Waals surface area contributed by atoms with Crippen molar-refractivity contribution in [2.45, 2.75) is 43.2 Å². The smallest absolute Gasteiger partial charge is 0.435 e. The summed E-state index contributed by atoms with van der Waals surface area (Å²) < 4.78 is 75.5. The summed E-state index contributed by atoms with van der Waals surface area (Å²) in [4.78, 5) is 17.6. The standard InChI is InChI=1S/C24H23F3N4O5S/c1-13-18(20(32)28-14-6-5-7-15(12-14)37(4,33)34)22(31-30-19(13)24(25,26)27)36-16-8-9-17(23(2)10-11-23)29-21(16)35-3/h5-9,12H,10-11H2,1-4H3,(H,28,32). The number of halogens is 3. The number of carbonyl (C=O) groups is 1. The van der Waals surface area contributed by atoms with Gasteiger partial charge in [-0.1, -0.05) is 13.0 Å². The molecule has 2 aromatic heterocycles. The third kappa shape index (κ3) is 5.50. The summed E-state index contributed by atoms with van der Waals surface area (Å²) in [5, 5.41) is 9.21. The molecular weight excluding hydrogens is 513 g/mol. The predicted molar refractivity (Wildman–Crippen MR) is 127 cm³/mol. The van der Waals surface area contributed by atoms with Gasteiger partial charge in [-0.25, -0.2) is 13.4 Å². The van der Waals surface area contributed by atoms with Crippen molar-refractivity contribution in [3.05, 3.63) is 58.9 Å². The Labute approximate surface area is 211 Å². The number of benzene rings is 1. The summed E-state index contributed by atoms with van der Waals surface area (Å²) >= 11 is 0. The molecule has 1 amide bonds. The lowest BCUT2D eigenvalue weighted by Crippen LogP contribution is -2.21. The van der Waals surface area contributed by atoms with Crippen molar-refractivity contribution in [2.24, 2.45) is 0 Å². The molecule has 0 aliphatic heterocycles. The van der Waals surface area contributed by atoms with Crippen LogP contribution in [0.3, 0.4) is 0 Å². The highest BCUT2D eigenvalue weighted by molar-refractivity contribution is 7.90. The van der Waals surface area contributed by atoms with Crippen molar-refractivity contribution < 1.29 is 35.9 Å². The predicted octanol–water partition coefficient (Wildman–Crippen LogP) is 4.71. The molecule has 13 heteroatoms. The summed E-state index contributed by atoms with van der Waals surface area (Å²) in [5.41, 5.74) is -1.69. The van der Waals surface area contributed by atoms with E-state index in [-0.39, 0.29) is 27.6 Å². The molecule has 196 valence electrons. The average molecular weight is 537 g/mol. The maximum atomic E-state index is 13.6. The molecular formula is C24H23F3N4O5S. The van der Waals surface area contributed by atoms with Gasteiger partial charge in [0, 0.05) is 17.4 Å². The fourth-order valence-corrected chi connectivity index (χ4v) is 4.31. The minimum Gasteiger partial charge on any atom is -0.478 e. The monoisotopic (exact) mass is 536 g/mol. The van der Waals surface area contributed by atoms with Gasteiger partial charge in [-0.05, 0) is 55.7 Å². The molecule has 1 saturated carbocycles. The maximum Gasteiger partial charge on any atom is 0.435 e. The first-order chi connectivity index (χ1) is 17.2. The molecule has 0 bridgehead atoms. The summed E-state index contributed by atoms with van der Waals surface area (Å²) in [5.74, 6) is -1.42. The average Bonchev–Trinajstić information content (AvgIpc) is 3.56. The van der Waals surface area contributed by atoms with Crippen LogP contribution in [-0.2, 0) is 21.4 Å². The van der Waals surface area contributed by atoms with E-state index in [4.69, 9.17) is 9.47 Å². The van der Waals surface area contributed by atoms with Crippen LogP contribution in [0.4, 0.5) is 18.9 Å². The number of alkyl halides is 3. The molecule has 1 fully saturated rings. The van der Waals surface area contributed by atoms with Gasteiger partial charge in [-0.3, -0.25) is 4.79 Å². The largest absolute Gasteiger partial charge is 0.478 e. The van der Waals surface area contributed by atoms with Crippen LogP contribution in [0.5, 0.6) is 17.5 Å². The zero-order valence-corrected chi connectivity index (χ0v) is 21.1. The number of ether oxygens (including phenoxy) is 2. The van der Waals surface area contributed by atoms with Gasteiger partial charge < -0.3 is 14.8 Å². The number of hydrogen-bond acceptors (Lipinski definition) is 8. The van der Waals surface area contributed by atoms with E-state index >= 15 is 0 Å². The summed E-state index contributed by atoms with van der Waals surface area (Å²) in [6, 6.07) is 8.55. The van der Waals surface area contributed by atoms with E-state index < -0.39 is 44.6 Å². The van der Waals surface area contributed by atoms with Gasteiger partial charge in [0.2, 0.25) is 0 Å². The second-order valence-corrected chi connectivity index (χ2v) is 11.0. The molecule has 0 radical (unpaired) electrons. The highest BCUT2D eigenvalue weighted by atomic mass is 32.2. The van der Waals surface area contributed by atoms with Crippen LogP contribution in [0.15, 0.2) is 41.3 Å². The maximum absolute atomic E-state index is 13.6. The van der Waals surface area contributed by atoms with E-state index in [1.165, 1.54) is 37.4 Å². The molecule has 1 aliphatic carbocycles. The lowest BCUT2D eigenvalue weighted by molar-refractivity contribution is -0.142. The van der Waals surface area contributed by atoms with Crippen LogP contribution in [0, 0.1) is 6.92 Å². The minimum absolute atomic E-state index is 0.0251. The van der Waals surface area contributed by atoms with Crippen molar-refractivity contribution in [1.82, 2.24) is 15.2 Å². The van der Waals surface area contributed by atoms with E-state index in [0.29, 0.717) is 0 Å². The molecule has 0 spiro atoms. The van der Waals surface area contributed by atoms with Crippen LogP contribution in [0.1, 0.15) is 47.1 Å². The highest BCUT2D eigenvalue weighted by Crippen LogP contribution is 2.48. The second kappa shape index (κ2) is 9.29. The van der Waals surface area contributed by atoms with Crippen LogP contribution >= 0.6 is 0 Å². The Balaban J connectivity index is 1.75. The Morgan fingerprint density at radius 1 is 1.11 bits per heavy atom. The summed E-state index contributed by atoms with van der Waals surface area (Å²) in [6.45, 7) is 3.11. The number of nitrogens with zero attached hydrogens (tertiary/aromatic N) is 3. The van der Waals surface area contributed by atoms with Crippen molar-refractivity contribution in [3.63, 3.8) is 0 Å². The van der Waals surface area contributed by atoms with Crippen LogP contribution in [0.2, 0.25) is 0 Å².